The second-order valence-corrected chi connectivity index (χ2v) is 4.34. The molecule has 0 radical (unpaired) electrons. The summed E-state index contributed by atoms with van der Waals surface area (Å²) in [7, 11) is 0. The van der Waals surface area contributed by atoms with E-state index in [1.54, 1.807) is 19.1 Å². The first kappa shape index (κ1) is 13.2. The Balaban J connectivity index is 2.36. The number of phenolic OH excluding ortho intramolecular Hbond substituents is 1. The van der Waals surface area contributed by atoms with Gasteiger partial charge in [0.05, 0.1) is 0 Å². The van der Waals surface area contributed by atoms with Gasteiger partial charge in [-0.2, -0.15) is 0 Å². The molecule has 1 saturated heterocycles. The van der Waals surface area contributed by atoms with Gasteiger partial charge in [-0.1, -0.05) is 12.1 Å². The van der Waals surface area contributed by atoms with Gasteiger partial charge in [0, 0.05) is 6.54 Å². The lowest BCUT2D eigenvalue weighted by Crippen LogP contribution is -2.53. The van der Waals surface area contributed by atoms with E-state index < -0.39 is 11.8 Å². The molecule has 1 aromatic rings. The van der Waals surface area contributed by atoms with E-state index in [0.717, 1.165) is 0 Å². The molecule has 0 saturated carbocycles. The van der Waals surface area contributed by atoms with Crippen LogP contribution in [0.2, 0.25) is 0 Å². The van der Waals surface area contributed by atoms with Gasteiger partial charge in [-0.15, -0.1) is 0 Å². The minimum Gasteiger partial charge on any atom is -0.508 e. The average Bonchev–Trinajstić information content (AvgIpc) is 2.37. The zero-order valence-corrected chi connectivity index (χ0v) is 11.0. The fraction of sp³-hybridized carbons (Fsp3) is 0.154. The molecule has 5 nitrogen and oxygen atoms in total. The molecule has 98 valence electrons. The Morgan fingerprint density at radius 3 is 2.53 bits per heavy atom. The Hall–Kier alpha value is -2.21. The second kappa shape index (κ2) is 5.19. The SMILES string of the molecule is CCN1C(=O)/C(=C/c2ccc(O)cc2)C(=O)NC1=S. The van der Waals surface area contributed by atoms with Crippen LogP contribution in [0.3, 0.4) is 0 Å². The van der Waals surface area contributed by atoms with Crippen LogP contribution in [0.5, 0.6) is 5.75 Å². The van der Waals surface area contributed by atoms with E-state index in [1.807, 2.05) is 0 Å². The lowest BCUT2D eigenvalue weighted by atomic mass is 10.1. The van der Waals surface area contributed by atoms with Gasteiger partial charge in [0.15, 0.2) is 5.11 Å². The molecule has 1 aliphatic rings. The zero-order valence-electron chi connectivity index (χ0n) is 10.2. The standard InChI is InChI=1S/C13H12N2O3S/c1-2-15-12(18)10(11(17)14-13(15)19)7-8-3-5-9(16)6-4-8/h3-7,16H,2H2,1H3,(H,14,17,19)/b10-7+. The van der Waals surface area contributed by atoms with Gasteiger partial charge in [0.2, 0.25) is 0 Å². The quantitative estimate of drug-likeness (QED) is 0.481. The number of carbonyl (C=O) groups excluding carboxylic acids is 2. The first-order chi connectivity index (χ1) is 9.02. The van der Waals surface area contributed by atoms with Crippen LogP contribution in [0.15, 0.2) is 29.8 Å². The summed E-state index contributed by atoms with van der Waals surface area (Å²) in [6.07, 6.45) is 1.47. The van der Waals surface area contributed by atoms with Gasteiger partial charge in [-0.05, 0) is 42.9 Å². The summed E-state index contributed by atoms with van der Waals surface area (Å²) < 4.78 is 0. The lowest BCUT2D eigenvalue weighted by molar-refractivity contribution is -0.128. The van der Waals surface area contributed by atoms with Gasteiger partial charge in [-0.25, -0.2) is 0 Å². The third-order valence-electron chi connectivity index (χ3n) is 2.71. The average molecular weight is 276 g/mol. The van der Waals surface area contributed by atoms with Gasteiger partial charge < -0.3 is 5.11 Å². The molecule has 0 aliphatic carbocycles. The van der Waals surface area contributed by atoms with E-state index >= 15 is 0 Å². The third-order valence-corrected chi connectivity index (χ3v) is 3.03. The Kier molecular flexibility index (Phi) is 3.62. The number of aromatic hydroxyl groups is 1. The van der Waals surface area contributed by atoms with Gasteiger partial charge >= 0.3 is 0 Å². The Bertz CT molecular complexity index is 578. The molecular weight excluding hydrogens is 264 g/mol. The number of nitrogens with one attached hydrogen (secondary N) is 1. The molecule has 1 aliphatic heterocycles. The Morgan fingerprint density at radius 2 is 1.95 bits per heavy atom. The first-order valence-corrected chi connectivity index (χ1v) is 6.11. The number of likely N-dealkylation sites (N-methyl/N-ethyl adjacent to an activating group) is 1. The number of thiocarbonyl (C=S) groups is 1. The molecule has 0 unspecified atom stereocenters. The molecule has 19 heavy (non-hydrogen) atoms. The third kappa shape index (κ3) is 2.63. The van der Waals surface area contributed by atoms with E-state index in [9.17, 15) is 14.7 Å². The normalized spacial score (nSPS) is 17.8. The molecule has 2 rings (SSSR count). The van der Waals surface area contributed by atoms with Crippen molar-refractivity contribution in [2.75, 3.05) is 6.54 Å². The maximum atomic E-state index is 12.1. The van der Waals surface area contributed by atoms with Crippen LogP contribution < -0.4 is 5.32 Å². The van der Waals surface area contributed by atoms with Crippen LogP contribution in [-0.4, -0.2) is 33.5 Å². The van der Waals surface area contributed by atoms with Crippen LogP contribution in [0.4, 0.5) is 0 Å². The van der Waals surface area contributed by atoms with Crippen molar-refractivity contribution in [2.45, 2.75) is 6.92 Å². The topological polar surface area (TPSA) is 69.6 Å². The highest BCUT2D eigenvalue weighted by molar-refractivity contribution is 7.80. The molecule has 0 atom stereocenters. The predicted molar refractivity (Wildman–Crippen MR) is 74.2 cm³/mol. The summed E-state index contributed by atoms with van der Waals surface area (Å²) in [5, 5.41) is 11.8. The lowest BCUT2D eigenvalue weighted by Gasteiger charge is -2.27. The van der Waals surface area contributed by atoms with E-state index in [2.05, 4.69) is 5.32 Å². The van der Waals surface area contributed by atoms with Crippen molar-refractivity contribution in [3.05, 3.63) is 35.4 Å². The van der Waals surface area contributed by atoms with E-state index in [-0.39, 0.29) is 16.4 Å². The van der Waals surface area contributed by atoms with Crippen molar-refractivity contribution in [2.24, 2.45) is 0 Å². The number of phenols is 1. The molecule has 6 heteroatoms. The molecular formula is C13H12N2O3S. The number of hydrogen-bond acceptors (Lipinski definition) is 4. The van der Waals surface area contributed by atoms with Crippen LogP contribution in [0.25, 0.3) is 6.08 Å². The van der Waals surface area contributed by atoms with E-state index in [4.69, 9.17) is 12.2 Å². The molecule has 2 N–H and O–H groups in total. The van der Waals surface area contributed by atoms with Crippen molar-refractivity contribution in [1.29, 1.82) is 0 Å². The number of carbonyl (C=O) groups is 2. The van der Waals surface area contributed by atoms with Crippen molar-refractivity contribution < 1.29 is 14.7 Å². The summed E-state index contributed by atoms with van der Waals surface area (Å²) in [5.41, 5.74) is 0.682. The molecule has 0 aromatic heterocycles. The van der Waals surface area contributed by atoms with Crippen molar-refractivity contribution in [3.8, 4) is 5.75 Å². The molecule has 1 fully saturated rings. The Labute approximate surface area is 115 Å². The minimum absolute atomic E-state index is 0.0288. The summed E-state index contributed by atoms with van der Waals surface area (Å²) >= 11 is 4.93. The first-order valence-electron chi connectivity index (χ1n) is 5.71. The smallest absolute Gasteiger partial charge is 0.265 e. The second-order valence-electron chi connectivity index (χ2n) is 3.96. The summed E-state index contributed by atoms with van der Waals surface area (Å²) in [6.45, 7) is 2.17. The minimum atomic E-state index is -0.507. The van der Waals surface area contributed by atoms with Crippen LogP contribution >= 0.6 is 12.2 Å². The zero-order chi connectivity index (χ0) is 14.0. The van der Waals surface area contributed by atoms with Crippen molar-refractivity contribution >= 4 is 35.2 Å². The van der Waals surface area contributed by atoms with Gasteiger partial charge in [-0.3, -0.25) is 19.8 Å². The van der Waals surface area contributed by atoms with Crippen molar-refractivity contribution in [1.82, 2.24) is 10.2 Å². The van der Waals surface area contributed by atoms with Crippen LogP contribution in [0, 0.1) is 0 Å². The Morgan fingerprint density at radius 1 is 1.32 bits per heavy atom. The number of rotatable bonds is 2. The van der Waals surface area contributed by atoms with E-state index in [1.165, 1.54) is 23.1 Å². The maximum absolute atomic E-state index is 12.1. The number of nitrogens with zero attached hydrogens (tertiary/aromatic N) is 1. The monoisotopic (exact) mass is 276 g/mol. The summed E-state index contributed by atoms with van der Waals surface area (Å²) in [5.74, 6) is -0.796. The highest BCUT2D eigenvalue weighted by Gasteiger charge is 2.32. The molecule has 2 amide bonds. The van der Waals surface area contributed by atoms with Gasteiger partial charge in [0.1, 0.15) is 11.3 Å². The molecule has 0 spiro atoms. The number of hydrogen-bond donors (Lipinski definition) is 2. The fourth-order valence-electron chi connectivity index (χ4n) is 1.72. The molecule has 1 heterocycles. The largest absolute Gasteiger partial charge is 0.508 e. The molecule has 1 aromatic carbocycles. The van der Waals surface area contributed by atoms with Crippen LogP contribution in [-0.2, 0) is 9.59 Å². The van der Waals surface area contributed by atoms with Crippen molar-refractivity contribution in [3.63, 3.8) is 0 Å². The predicted octanol–water partition coefficient (Wildman–Crippen LogP) is 1.04. The highest BCUT2D eigenvalue weighted by atomic mass is 32.1. The maximum Gasteiger partial charge on any atom is 0.265 e. The summed E-state index contributed by atoms with van der Waals surface area (Å²) in [6, 6.07) is 6.21. The number of amides is 2. The molecule has 0 bridgehead atoms. The number of benzene rings is 1. The highest BCUT2D eigenvalue weighted by Crippen LogP contribution is 2.16. The van der Waals surface area contributed by atoms with Crippen LogP contribution in [0.1, 0.15) is 12.5 Å². The van der Waals surface area contributed by atoms with Gasteiger partial charge in [0.25, 0.3) is 11.8 Å². The summed E-state index contributed by atoms with van der Waals surface area (Å²) in [4.78, 5) is 25.2. The van der Waals surface area contributed by atoms with E-state index in [0.29, 0.717) is 12.1 Å². The fourth-order valence-corrected chi connectivity index (χ4v) is 2.02.